The maximum atomic E-state index is 4.71. The van der Waals surface area contributed by atoms with Gasteiger partial charge in [-0.3, -0.25) is 4.90 Å². The average Bonchev–Trinajstić information content (AvgIpc) is 3.35. The quantitative estimate of drug-likeness (QED) is 0.567. The zero-order valence-electron chi connectivity index (χ0n) is 15.8. The Morgan fingerprint density at radius 1 is 1.00 bits per heavy atom. The number of nitrogens with one attached hydrogen (secondary N) is 2. The fourth-order valence-corrected chi connectivity index (χ4v) is 3.28. The van der Waals surface area contributed by atoms with Crippen LogP contribution >= 0.6 is 0 Å². The third-order valence-electron chi connectivity index (χ3n) is 4.72. The normalized spacial score (nSPS) is 15.3. The van der Waals surface area contributed by atoms with Crippen molar-refractivity contribution in [1.82, 2.24) is 20.1 Å². The smallest absolute Gasteiger partial charge is 0.191 e. The number of hydrogen-bond acceptors (Lipinski definition) is 2. The van der Waals surface area contributed by atoms with E-state index in [9.17, 15) is 0 Å². The van der Waals surface area contributed by atoms with Crippen LogP contribution in [0.2, 0.25) is 0 Å². The van der Waals surface area contributed by atoms with Crippen LogP contribution in [0.4, 0.5) is 0 Å². The van der Waals surface area contributed by atoms with Crippen molar-refractivity contribution >= 4 is 5.96 Å². The number of benzene rings is 1. The summed E-state index contributed by atoms with van der Waals surface area (Å²) in [7, 11) is 0. The molecule has 1 aromatic heterocycles. The van der Waals surface area contributed by atoms with Gasteiger partial charge >= 0.3 is 0 Å². The molecule has 2 N–H and O–H groups in total. The maximum absolute atomic E-state index is 4.71. The van der Waals surface area contributed by atoms with Crippen molar-refractivity contribution in [1.29, 1.82) is 0 Å². The second-order valence-corrected chi connectivity index (χ2v) is 6.84. The van der Waals surface area contributed by atoms with E-state index < -0.39 is 0 Å². The van der Waals surface area contributed by atoms with Crippen LogP contribution in [-0.4, -0.2) is 41.6 Å². The molecule has 1 fully saturated rings. The van der Waals surface area contributed by atoms with E-state index in [4.69, 9.17) is 4.99 Å². The highest BCUT2D eigenvalue weighted by atomic mass is 15.2. The Hall–Kier alpha value is -2.27. The molecule has 0 radical (unpaired) electrons. The van der Waals surface area contributed by atoms with Crippen molar-refractivity contribution in [3.05, 3.63) is 59.9 Å². The Balaban J connectivity index is 1.47. The molecule has 5 nitrogen and oxygen atoms in total. The summed E-state index contributed by atoms with van der Waals surface area (Å²) in [5.41, 5.74) is 2.65. The number of hydrogen-bond donors (Lipinski definition) is 2. The van der Waals surface area contributed by atoms with Gasteiger partial charge in [0.15, 0.2) is 5.96 Å². The third kappa shape index (κ3) is 5.92. The van der Waals surface area contributed by atoms with Crippen molar-refractivity contribution in [2.75, 3.05) is 26.2 Å². The van der Waals surface area contributed by atoms with Gasteiger partial charge in [-0.15, -0.1) is 0 Å². The van der Waals surface area contributed by atoms with Crippen LogP contribution in [0.15, 0.2) is 53.8 Å². The number of aliphatic imine (C=N–C) groups is 1. The molecule has 0 bridgehead atoms. The molecule has 1 saturated heterocycles. The largest absolute Gasteiger partial charge is 0.357 e. The number of likely N-dealkylation sites (tertiary alicyclic amines) is 1. The van der Waals surface area contributed by atoms with Crippen molar-refractivity contribution in [2.45, 2.75) is 39.4 Å². The van der Waals surface area contributed by atoms with Crippen molar-refractivity contribution in [3.63, 3.8) is 0 Å². The van der Waals surface area contributed by atoms with Crippen LogP contribution in [0, 0.1) is 0 Å². The summed E-state index contributed by atoms with van der Waals surface area (Å²) >= 11 is 0. The first kappa shape index (κ1) is 18.5. The third-order valence-corrected chi connectivity index (χ3v) is 4.72. The second kappa shape index (κ2) is 10.0. The van der Waals surface area contributed by atoms with Gasteiger partial charge in [-0.1, -0.05) is 24.3 Å². The number of rotatable bonds is 8. The molecule has 3 rings (SSSR count). The predicted octanol–water partition coefficient (Wildman–Crippen LogP) is 2.84. The fourth-order valence-electron chi connectivity index (χ4n) is 3.28. The average molecular weight is 354 g/mol. The van der Waals surface area contributed by atoms with E-state index >= 15 is 0 Å². The van der Waals surface area contributed by atoms with Gasteiger partial charge < -0.3 is 15.2 Å². The molecule has 0 spiro atoms. The van der Waals surface area contributed by atoms with Gasteiger partial charge in [-0.2, -0.15) is 0 Å². The fraction of sp³-hybridized carbons (Fsp3) is 0.476. The van der Waals surface area contributed by atoms with Gasteiger partial charge in [-0.25, -0.2) is 4.99 Å². The van der Waals surface area contributed by atoms with Gasteiger partial charge in [0.05, 0.1) is 6.54 Å². The van der Waals surface area contributed by atoms with Crippen molar-refractivity contribution < 1.29 is 0 Å². The summed E-state index contributed by atoms with van der Waals surface area (Å²) in [6, 6.07) is 13.0. The van der Waals surface area contributed by atoms with E-state index in [0.29, 0.717) is 6.54 Å². The second-order valence-electron chi connectivity index (χ2n) is 6.84. The van der Waals surface area contributed by atoms with Crippen molar-refractivity contribution in [2.24, 2.45) is 4.99 Å². The minimum absolute atomic E-state index is 0.697. The molecule has 5 heteroatoms. The minimum Gasteiger partial charge on any atom is -0.357 e. The zero-order chi connectivity index (χ0) is 18.0. The molecule has 0 atom stereocenters. The van der Waals surface area contributed by atoms with Crippen LogP contribution in [0.25, 0.3) is 0 Å². The van der Waals surface area contributed by atoms with E-state index in [2.05, 4.69) is 63.7 Å². The van der Waals surface area contributed by atoms with E-state index in [-0.39, 0.29) is 0 Å². The molecule has 0 saturated carbocycles. The lowest BCUT2D eigenvalue weighted by Gasteiger charge is -2.14. The molecule has 2 aromatic rings. The van der Waals surface area contributed by atoms with Gasteiger partial charge in [0.2, 0.25) is 0 Å². The van der Waals surface area contributed by atoms with Crippen LogP contribution in [0.5, 0.6) is 0 Å². The van der Waals surface area contributed by atoms with Crippen LogP contribution in [0.1, 0.15) is 30.9 Å². The monoisotopic (exact) mass is 353 g/mol. The molecule has 1 aliphatic heterocycles. The minimum atomic E-state index is 0.697. The maximum Gasteiger partial charge on any atom is 0.191 e. The van der Waals surface area contributed by atoms with Crippen LogP contribution in [-0.2, 0) is 19.6 Å². The van der Waals surface area contributed by atoms with Gasteiger partial charge in [0, 0.05) is 38.6 Å². The molecule has 1 aliphatic rings. The van der Waals surface area contributed by atoms with E-state index in [0.717, 1.165) is 32.1 Å². The molecule has 0 amide bonds. The van der Waals surface area contributed by atoms with Crippen LogP contribution in [0.3, 0.4) is 0 Å². The predicted molar refractivity (Wildman–Crippen MR) is 108 cm³/mol. The zero-order valence-corrected chi connectivity index (χ0v) is 15.8. The summed E-state index contributed by atoms with van der Waals surface area (Å²) in [4.78, 5) is 7.24. The topological polar surface area (TPSA) is 44.6 Å². The lowest BCUT2D eigenvalue weighted by molar-refractivity contribution is 0.331. The Labute approximate surface area is 157 Å². The first-order valence-electron chi connectivity index (χ1n) is 9.76. The Morgan fingerprint density at radius 2 is 1.69 bits per heavy atom. The summed E-state index contributed by atoms with van der Waals surface area (Å²) < 4.78 is 2.16. The van der Waals surface area contributed by atoms with Crippen LogP contribution < -0.4 is 10.6 Å². The highest BCUT2D eigenvalue weighted by molar-refractivity contribution is 5.79. The highest BCUT2D eigenvalue weighted by Crippen LogP contribution is 2.13. The Morgan fingerprint density at radius 3 is 2.38 bits per heavy atom. The Bertz CT molecular complexity index is 654. The first-order chi connectivity index (χ1) is 12.8. The molecule has 26 heavy (non-hydrogen) atoms. The Kier molecular flexibility index (Phi) is 7.14. The summed E-state index contributed by atoms with van der Waals surface area (Å²) in [5, 5.41) is 6.72. The molecule has 0 aliphatic carbocycles. The highest BCUT2D eigenvalue weighted by Gasteiger charge is 2.11. The number of aromatic nitrogens is 1. The van der Waals surface area contributed by atoms with Crippen molar-refractivity contribution in [3.8, 4) is 0 Å². The molecule has 2 heterocycles. The molecule has 140 valence electrons. The lowest BCUT2D eigenvalue weighted by Crippen LogP contribution is -2.38. The number of nitrogens with zero attached hydrogens (tertiary/aromatic N) is 3. The standard InChI is InChI=1S/C21H31N5/c1-2-22-21(23-11-16-25-12-3-4-13-25)24-17-19-7-9-20(10-8-19)18-26-14-5-6-15-26/h3-4,7-10,12-13H,2,5-6,11,14-18H2,1H3,(H2,22,23,24). The lowest BCUT2D eigenvalue weighted by atomic mass is 10.1. The van der Waals surface area contributed by atoms with E-state index in [1.54, 1.807) is 0 Å². The molecule has 1 aromatic carbocycles. The summed E-state index contributed by atoms with van der Waals surface area (Å²) in [5.74, 6) is 0.876. The number of guanidine groups is 1. The summed E-state index contributed by atoms with van der Waals surface area (Å²) in [6.07, 6.45) is 6.85. The molecular weight excluding hydrogens is 322 g/mol. The molecular formula is C21H31N5. The SMILES string of the molecule is CCNC(=NCc1ccc(CN2CCCC2)cc1)NCCn1cccc1. The first-order valence-corrected chi connectivity index (χ1v) is 9.76. The van der Waals surface area contributed by atoms with E-state index in [1.807, 2.05) is 12.1 Å². The summed E-state index contributed by atoms with van der Waals surface area (Å²) in [6.45, 7) is 9.01. The van der Waals surface area contributed by atoms with Gasteiger partial charge in [0.25, 0.3) is 0 Å². The van der Waals surface area contributed by atoms with Gasteiger partial charge in [0.1, 0.15) is 0 Å². The molecule has 0 unspecified atom stereocenters. The van der Waals surface area contributed by atoms with E-state index in [1.165, 1.54) is 37.1 Å². The van der Waals surface area contributed by atoms with Gasteiger partial charge in [-0.05, 0) is 56.1 Å².